The molecule has 3 nitrogen and oxygen atoms in total. The van der Waals surface area contributed by atoms with Crippen LogP contribution in [0, 0.1) is 5.41 Å². The van der Waals surface area contributed by atoms with Crippen LogP contribution in [0.25, 0.3) is 0 Å². The number of hydrogen-bond acceptors (Lipinski definition) is 3. The molecule has 1 heterocycles. The number of halogens is 1. The summed E-state index contributed by atoms with van der Waals surface area (Å²) >= 11 is 5.77. The van der Waals surface area contributed by atoms with Crippen LogP contribution in [-0.2, 0) is 15.3 Å². The van der Waals surface area contributed by atoms with Gasteiger partial charge in [-0.1, -0.05) is 37.6 Å². The number of aliphatic hydroxyl groups is 1. The van der Waals surface area contributed by atoms with Crippen LogP contribution in [0.2, 0.25) is 5.02 Å². The molecule has 1 N–H and O–H groups in total. The van der Waals surface area contributed by atoms with E-state index in [1.807, 2.05) is 0 Å². The van der Waals surface area contributed by atoms with Crippen LogP contribution in [0.5, 0.6) is 0 Å². The van der Waals surface area contributed by atoms with Gasteiger partial charge >= 0.3 is 5.97 Å². The zero-order chi connectivity index (χ0) is 12.0. The molecule has 1 aromatic rings. The second-order valence-corrected chi connectivity index (χ2v) is 5.12. The SMILES string of the molecule is CC1(C)CC(=O)OC1(O)c1ccc(Cl)cc1. The predicted octanol–water partition coefficient (Wildman–Crippen LogP) is 2.46. The monoisotopic (exact) mass is 240 g/mol. The van der Waals surface area contributed by atoms with Gasteiger partial charge in [-0.25, -0.2) is 0 Å². The van der Waals surface area contributed by atoms with Crippen molar-refractivity contribution in [2.75, 3.05) is 0 Å². The van der Waals surface area contributed by atoms with E-state index in [2.05, 4.69) is 0 Å². The molecule has 1 aromatic carbocycles. The van der Waals surface area contributed by atoms with Crippen molar-refractivity contribution in [3.05, 3.63) is 34.9 Å². The van der Waals surface area contributed by atoms with Crippen LogP contribution in [0.15, 0.2) is 24.3 Å². The lowest BCUT2D eigenvalue weighted by atomic mass is 9.79. The summed E-state index contributed by atoms with van der Waals surface area (Å²) in [5.74, 6) is -1.95. The summed E-state index contributed by atoms with van der Waals surface area (Å²) in [5, 5.41) is 11.0. The molecule has 0 aromatic heterocycles. The normalized spacial score (nSPS) is 27.9. The van der Waals surface area contributed by atoms with E-state index < -0.39 is 11.2 Å². The van der Waals surface area contributed by atoms with Crippen molar-refractivity contribution in [3.63, 3.8) is 0 Å². The maximum Gasteiger partial charge on any atom is 0.309 e. The van der Waals surface area contributed by atoms with Gasteiger partial charge in [-0.05, 0) is 12.1 Å². The molecule has 0 aliphatic carbocycles. The average Bonchev–Trinajstić information content (AvgIpc) is 2.37. The average molecular weight is 241 g/mol. The molecule has 86 valence electrons. The van der Waals surface area contributed by atoms with Crippen molar-refractivity contribution in [1.29, 1.82) is 0 Å². The molecule has 0 bridgehead atoms. The van der Waals surface area contributed by atoms with Crippen LogP contribution >= 0.6 is 11.6 Å². The first-order valence-corrected chi connectivity index (χ1v) is 5.43. The molecule has 1 aliphatic heterocycles. The minimum atomic E-state index is -1.56. The minimum absolute atomic E-state index is 0.201. The summed E-state index contributed by atoms with van der Waals surface area (Å²) in [7, 11) is 0. The van der Waals surface area contributed by atoms with E-state index in [9.17, 15) is 9.90 Å². The van der Waals surface area contributed by atoms with Gasteiger partial charge in [0.05, 0.1) is 6.42 Å². The molecule has 1 saturated heterocycles. The quantitative estimate of drug-likeness (QED) is 0.767. The van der Waals surface area contributed by atoms with Crippen molar-refractivity contribution in [2.24, 2.45) is 5.41 Å². The summed E-state index contributed by atoms with van der Waals surface area (Å²) < 4.78 is 5.06. The summed E-state index contributed by atoms with van der Waals surface area (Å²) in [5.41, 5.74) is -0.0921. The van der Waals surface area contributed by atoms with Gasteiger partial charge in [0.1, 0.15) is 0 Å². The summed E-state index contributed by atoms with van der Waals surface area (Å²) in [6.45, 7) is 3.60. The molecule has 0 radical (unpaired) electrons. The molecule has 1 fully saturated rings. The Hall–Kier alpha value is -1.06. The number of ether oxygens (including phenoxy) is 1. The Kier molecular flexibility index (Phi) is 2.48. The van der Waals surface area contributed by atoms with Crippen molar-refractivity contribution in [1.82, 2.24) is 0 Å². The predicted molar refractivity (Wildman–Crippen MR) is 59.8 cm³/mol. The van der Waals surface area contributed by atoms with Crippen LogP contribution in [0.1, 0.15) is 25.8 Å². The number of carbonyl (C=O) groups excluding carboxylic acids is 1. The first-order chi connectivity index (χ1) is 7.35. The molecule has 16 heavy (non-hydrogen) atoms. The van der Waals surface area contributed by atoms with E-state index in [0.29, 0.717) is 10.6 Å². The number of esters is 1. The van der Waals surface area contributed by atoms with E-state index >= 15 is 0 Å². The fourth-order valence-electron chi connectivity index (χ4n) is 1.95. The Morgan fingerprint density at radius 3 is 2.31 bits per heavy atom. The second-order valence-electron chi connectivity index (χ2n) is 4.69. The molecule has 1 aliphatic rings. The Morgan fingerprint density at radius 1 is 1.31 bits per heavy atom. The van der Waals surface area contributed by atoms with Gasteiger partial charge in [-0.2, -0.15) is 0 Å². The number of cyclic esters (lactones) is 1. The molecule has 0 spiro atoms. The highest BCUT2D eigenvalue weighted by Crippen LogP contribution is 2.48. The number of carbonyl (C=O) groups is 1. The van der Waals surface area contributed by atoms with Gasteiger partial charge in [0.15, 0.2) is 0 Å². The highest BCUT2D eigenvalue weighted by atomic mass is 35.5. The topological polar surface area (TPSA) is 46.5 Å². The first kappa shape index (κ1) is 11.4. The largest absolute Gasteiger partial charge is 0.428 e. The van der Waals surface area contributed by atoms with Gasteiger partial charge in [-0.15, -0.1) is 0 Å². The maximum absolute atomic E-state index is 11.3. The van der Waals surface area contributed by atoms with Crippen LogP contribution in [0.4, 0.5) is 0 Å². The van der Waals surface area contributed by atoms with Crippen LogP contribution in [-0.4, -0.2) is 11.1 Å². The Bertz CT molecular complexity index is 424. The lowest BCUT2D eigenvalue weighted by Crippen LogP contribution is -2.38. The first-order valence-electron chi connectivity index (χ1n) is 5.05. The lowest BCUT2D eigenvalue weighted by Gasteiger charge is -2.33. The fourth-order valence-corrected chi connectivity index (χ4v) is 2.07. The highest BCUT2D eigenvalue weighted by Gasteiger charge is 2.55. The maximum atomic E-state index is 11.3. The third kappa shape index (κ3) is 1.60. The molecule has 4 heteroatoms. The summed E-state index contributed by atoms with van der Waals surface area (Å²) in [6, 6.07) is 6.67. The van der Waals surface area contributed by atoms with Gasteiger partial charge in [0.2, 0.25) is 5.79 Å². The van der Waals surface area contributed by atoms with Gasteiger partial charge in [-0.3, -0.25) is 4.79 Å². The second kappa shape index (κ2) is 3.47. The smallest absolute Gasteiger partial charge is 0.309 e. The van der Waals surface area contributed by atoms with Gasteiger partial charge in [0, 0.05) is 16.0 Å². The zero-order valence-electron chi connectivity index (χ0n) is 9.16. The van der Waals surface area contributed by atoms with E-state index in [1.54, 1.807) is 38.1 Å². The van der Waals surface area contributed by atoms with Crippen molar-refractivity contribution in [2.45, 2.75) is 26.1 Å². The van der Waals surface area contributed by atoms with E-state index in [1.165, 1.54) is 0 Å². The third-order valence-electron chi connectivity index (χ3n) is 3.00. The van der Waals surface area contributed by atoms with Gasteiger partial charge in [0.25, 0.3) is 0 Å². The summed E-state index contributed by atoms with van der Waals surface area (Å²) in [4.78, 5) is 11.3. The van der Waals surface area contributed by atoms with E-state index in [4.69, 9.17) is 16.3 Å². The molecule has 2 rings (SSSR count). The van der Waals surface area contributed by atoms with Crippen molar-refractivity contribution in [3.8, 4) is 0 Å². The Labute approximate surface area is 99.0 Å². The van der Waals surface area contributed by atoms with Crippen LogP contribution in [0.3, 0.4) is 0 Å². The molecule has 1 atom stereocenters. The number of hydrogen-bond donors (Lipinski definition) is 1. The van der Waals surface area contributed by atoms with Crippen molar-refractivity contribution < 1.29 is 14.6 Å². The number of rotatable bonds is 1. The van der Waals surface area contributed by atoms with E-state index in [0.717, 1.165) is 0 Å². The third-order valence-corrected chi connectivity index (χ3v) is 3.25. The van der Waals surface area contributed by atoms with Crippen molar-refractivity contribution >= 4 is 17.6 Å². The van der Waals surface area contributed by atoms with Crippen LogP contribution < -0.4 is 0 Å². The Morgan fingerprint density at radius 2 is 1.88 bits per heavy atom. The number of benzene rings is 1. The minimum Gasteiger partial charge on any atom is -0.428 e. The molecule has 0 saturated carbocycles. The van der Waals surface area contributed by atoms with E-state index in [-0.39, 0.29) is 12.4 Å². The molecular weight excluding hydrogens is 228 g/mol. The molecule has 0 amide bonds. The van der Waals surface area contributed by atoms with Gasteiger partial charge < -0.3 is 9.84 Å². The lowest BCUT2D eigenvalue weighted by molar-refractivity contribution is -0.226. The Balaban J connectivity index is 2.46. The standard InChI is InChI=1S/C12H13ClO3/c1-11(2)7-10(14)16-12(11,15)8-3-5-9(13)6-4-8/h3-6,15H,7H2,1-2H3. The molecular formula is C12H13ClO3. The zero-order valence-corrected chi connectivity index (χ0v) is 9.91. The fraction of sp³-hybridized carbons (Fsp3) is 0.417. The molecule has 1 unspecified atom stereocenters. The summed E-state index contributed by atoms with van der Waals surface area (Å²) in [6.07, 6.45) is 0.201. The highest BCUT2D eigenvalue weighted by molar-refractivity contribution is 6.30.